The zero-order valence-corrected chi connectivity index (χ0v) is 9.80. The molecule has 0 aromatic rings. The molecule has 0 saturated heterocycles. The van der Waals surface area contributed by atoms with Crippen LogP contribution < -0.4 is 5.32 Å². The normalized spacial score (nSPS) is 11.0. The third kappa shape index (κ3) is 9.52. The summed E-state index contributed by atoms with van der Waals surface area (Å²) in [5.41, 5.74) is 0. The Hall–Kier alpha value is -0.570. The minimum absolute atomic E-state index is 0.119. The Bertz CT molecular complexity index is 155. The fourth-order valence-electron chi connectivity index (χ4n) is 1.02. The molecule has 0 heterocycles. The van der Waals surface area contributed by atoms with Gasteiger partial charge in [-0.1, -0.05) is 27.7 Å². The van der Waals surface area contributed by atoms with Crippen molar-refractivity contribution < 1.29 is 9.53 Å². The molecule has 0 aromatic heterocycles. The maximum absolute atomic E-state index is 11.2. The standard InChI is InChI=1S/C11H23NO2/c1-9(2)7-11(13)12-5-6-14-8-10(3)4/h9-10H,5-8H2,1-4H3,(H,12,13). The maximum atomic E-state index is 11.2. The molecule has 14 heavy (non-hydrogen) atoms. The van der Waals surface area contributed by atoms with Gasteiger partial charge in [-0.05, 0) is 11.8 Å². The van der Waals surface area contributed by atoms with Crippen LogP contribution in [0, 0.1) is 11.8 Å². The molecule has 84 valence electrons. The lowest BCUT2D eigenvalue weighted by Gasteiger charge is -2.08. The minimum Gasteiger partial charge on any atom is -0.379 e. The van der Waals surface area contributed by atoms with E-state index in [0.29, 0.717) is 31.4 Å². The fourth-order valence-corrected chi connectivity index (χ4v) is 1.02. The van der Waals surface area contributed by atoms with Gasteiger partial charge in [-0.2, -0.15) is 0 Å². The number of nitrogens with one attached hydrogen (secondary N) is 1. The van der Waals surface area contributed by atoms with Crippen LogP contribution in [-0.4, -0.2) is 25.7 Å². The third-order valence-electron chi connectivity index (χ3n) is 1.61. The van der Waals surface area contributed by atoms with Crippen LogP contribution in [0.1, 0.15) is 34.1 Å². The molecule has 1 N–H and O–H groups in total. The molecule has 3 nitrogen and oxygen atoms in total. The lowest BCUT2D eigenvalue weighted by Crippen LogP contribution is -2.28. The van der Waals surface area contributed by atoms with Crippen molar-refractivity contribution in [2.24, 2.45) is 11.8 Å². The summed E-state index contributed by atoms with van der Waals surface area (Å²) in [5, 5.41) is 2.82. The van der Waals surface area contributed by atoms with Crippen LogP contribution in [0.2, 0.25) is 0 Å². The molecule has 0 aliphatic rings. The summed E-state index contributed by atoms with van der Waals surface area (Å²) in [6, 6.07) is 0. The van der Waals surface area contributed by atoms with Gasteiger partial charge < -0.3 is 10.1 Å². The Morgan fingerprint density at radius 2 is 1.86 bits per heavy atom. The molecule has 0 fully saturated rings. The van der Waals surface area contributed by atoms with Crippen LogP contribution in [0.5, 0.6) is 0 Å². The van der Waals surface area contributed by atoms with Crippen molar-refractivity contribution in [1.29, 1.82) is 0 Å². The fraction of sp³-hybridized carbons (Fsp3) is 0.909. The summed E-state index contributed by atoms with van der Waals surface area (Å²) in [5.74, 6) is 1.10. The summed E-state index contributed by atoms with van der Waals surface area (Å²) >= 11 is 0. The van der Waals surface area contributed by atoms with Crippen molar-refractivity contribution in [3.05, 3.63) is 0 Å². The largest absolute Gasteiger partial charge is 0.379 e. The number of hydrogen-bond acceptors (Lipinski definition) is 2. The number of rotatable bonds is 7. The Morgan fingerprint density at radius 1 is 1.21 bits per heavy atom. The first-order chi connectivity index (χ1) is 6.52. The van der Waals surface area contributed by atoms with Crippen LogP contribution in [0.25, 0.3) is 0 Å². The topological polar surface area (TPSA) is 38.3 Å². The summed E-state index contributed by atoms with van der Waals surface area (Å²) in [6.45, 7) is 10.3. The lowest BCUT2D eigenvalue weighted by atomic mass is 10.1. The van der Waals surface area contributed by atoms with Gasteiger partial charge in [0.2, 0.25) is 5.91 Å². The van der Waals surface area contributed by atoms with Crippen molar-refractivity contribution in [3.63, 3.8) is 0 Å². The quantitative estimate of drug-likeness (QED) is 0.638. The number of hydrogen-bond donors (Lipinski definition) is 1. The zero-order chi connectivity index (χ0) is 11.0. The third-order valence-corrected chi connectivity index (χ3v) is 1.61. The van der Waals surface area contributed by atoms with Crippen molar-refractivity contribution in [3.8, 4) is 0 Å². The second-order valence-electron chi connectivity index (χ2n) is 4.42. The predicted molar refractivity (Wildman–Crippen MR) is 58.1 cm³/mol. The average Bonchev–Trinajstić information content (AvgIpc) is 2.01. The second kappa shape index (κ2) is 7.80. The molecule has 0 saturated carbocycles. The highest BCUT2D eigenvalue weighted by Crippen LogP contribution is 1.97. The number of carbonyl (C=O) groups is 1. The molecule has 0 spiro atoms. The van der Waals surface area contributed by atoms with Gasteiger partial charge in [-0.25, -0.2) is 0 Å². The van der Waals surface area contributed by atoms with E-state index in [9.17, 15) is 4.79 Å². The Kier molecular flexibility index (Phi) is 7.48. The molecular formula is C11H23NO2. The molecular weight excluding hydrogens is 178 g/mol. The Labute approximate surface area is 87.2 Å². The summed E-state index contributed by atoms with van der Waals surface area (Å²) in [6.07, 6.45) is 0.601. The van der Waals surface area contributed by atoms with E-state index in [-0.39, 0.29) is 5.91 Å². The lowest BCUT2D eigenvalue weighted by molar-refractivity contribution is -0.122. The van der Waals surface area contributed by atoms with Crippen molar-refractivity contribution in [2.75, 3.05) is 19.8 Å². The molecule has 1 amide bonds. The Morgan fingerprint density at radius 3 is 2.36 bits per heavy atom. The molecule has 0 aromatic carbocycles. The van der Waals surface area contributed by atoms with E-state index in [1.165, 1.54) is 0 Å². The van der Waals surface area contributed by atoms with Gasteiger partial charge in [0.15, 0.2) is 0 Å². The molecule has 0 radical (unpaired) electrons. The van der Waals surface area contributed by atoms with Gasteiger partial charge in [0.05, 0.1) is 6.61 Å². The monoisotopic (exact) mass is 201 g/mol. The van der Waals surface area contributed by atoms with E-state index in [4.69, 9.17) is 4.74 Å². The average molecular weight is 201 g/mol. The van der Waals surface area contributed by atoms with Crippen LogP contribution >= 0.6 is 0 Å². The number of ether oxygens (including phenoxy) is 1. The van der Waals surface area contributed by atoms with Gasteiger partial charge in [0.25, 0.3) is 0 Å². The highest BCUT2D eigenvalue weighted by atomic mass is 16.5. The van der Waals surface area contributed by atoms with E-state index >= 15 is 0 Å². The second-order valence-corrected chi connectivity index (χ2v) is 4.42. The first-order valence-electron chi connectivity index (χ1n) is 5.36. The van der Waals surface area contributed by atoms with Crippen LogP contribution in [-0.2, 0) is 9.53 Å². The van der Waals surface area contributed by atoms with Crippen molar-refractivity contribution in [1.82, 2.24) is 5.32 Å². The molecule has 0 atom stereocenters. The molecule has 0 aliphatic carbocycles. The van der Waals surface area contributed by atoms with Gasteiger partial charge in [-0.3, -0.25) is 4.79 Å². The number of carbonyl (C=O) groups excluding carboxylic acids is 1. The highest BCUT2D eigenvalue weighted by molar-refractivity contribution is 5.75. The first-order valence-corrected chi connectivity index (χ1v) is 5.36. The maximum Gasteiger partial charge on any atom is 0.220 e. The Balaban J connectivity index is 3.23. The van der Waals surface area contributed by atoms with E-state index in [2.05, 4.69) is 19.2 Å². The van der Waals surface area contributed by atoms with Gasteiger partial charge in [0.1, 0.15) is 0 Å². The summed E-state index contributed by atoms with van der Waals surface area (Å²) < 4.78 is 5.34. The zero-order valence-electron chi connectivity index (χ0n) is 9.80. The SMILES string of the molecule is CC(C)COCCNC(=O)CC(C)C. The molecule has 0 bridgehead atoms. The predicted octanol–water partition coefficient (Wildman–Crippen LogP) is 1.82. The van der Waals surface area contributed by atoms with E-state index in [0.717, 1.165) is 6.61 Å². The van der Waals surface area contributed by atoms with E-state index < -0.39 is 0 Å². The van der Waals surface area contributed by atoms with Gasteiger partial charge in [-0.15, -0.1) is 0 Å². The van der Waals surface area contributed by atoms with Crippen LogP contribution in [0.4, 0.5) is 0 Å². The molecule has 3 heteroatoms. The molecule has 0 unspecified atom stereocenters. The van der Waals surface area contributed by atoms with Gasteiger partial charge in [0, 0.05) is 19.6 Å². The van der Waals surface area contributed by atoms with Crippen LogP contribution in [0.3, 0.4) is 0 Å². The molecule has 0 aliphatic heterocycles. The van der Waals surface area contributed by atoms with Crippen molar-refractivity contribution >= 4 is 5.91 Å². The van der Waals surface area contributed by atoms with Gasteiger partial charge >= 0.3 is 0 Å². The first kappa shape index (κ1) is 13.4. The summed E-state index contributed by atoms with van der Waals surface area (Å²) in [7, 11) is 0. The van der Waals surface area contributed by atoms with Crippen LogP contribution in [0.15, 0.2) is 0 Å². The molecule has 0 rings (SSSR count). The van der Waals surface area contributed by atoms with E-state index in [1.807, 2.05) is 13.8 Å². The minimum atomic E-state index is 0.119. The van der Waals surface area contributed by atoms with E-state index in [1.54, 1.807) is 0 Å². The highest BCUT2D eigenvalue weighted by Gasteiger charge is 2.03. The summed E-state index contributed by atoms with van der Waals surface area (Å²) in [4.78, 5) is 11.2. The number of amides is 1. The smallest absolute Gasteiger partial charge is 0.220 e. The van der Waals surface area contributed by atoms with Crippen molar-refractivity contribution in [2.45, 2.75) is 34.1 Å².